The summed E-state index contributed by atoms with van der Waals surface area (Å²) in [5.74, 6) is -0.418. The summed E-state index contributed by atoms with van der Waals surface area (Å²) in [6.45, 7) is 1.43. The van der Waals surface area contributed by atoms with Crippen LogP contribution in [-0.4, -0.2) is 37.1 Å². The van der Waals surface area contributed by atoms with E-state index >= 15 is 0 Å². The number of ether oxygens (including phenoxy) is 3. The van der Waals surface area contributed by atoms with E-state index in [0.717, 1.165) is 13.0 Å². The molecular formula is C7H13IO3. The molecule has 0 bridgehead atoms. The van der Waals surface area contributed by atoms with Crippen molar-refractivity contribution < 1.29 is 14.2 Å². The molecule has 11 heavy (non-hydrogen) atoms. The Labute approximate surface area is 80.5 Å². The van der Waals surface area contributed by atoms with Crippen LogP contribution < -0.4 is 0 Å². The summed E-state index contributed by atoms with van der Waals surface area (Å²) in [5.41, 5.74) is 0. The third-order valence-corrected chi connectivity index (χ3v) is 3.34. The van der Waals surface area contributed by atoms with E-state index in [-0.39, 0.29) is 3.92 Å². The third-order valence-electron chi connectivity index (χ3n) is 2.03. The molecule has 0 aromatic heterocycles. The smallest absolute Gasteiger partial charge is 0.183 e. The molecule has 0 radical (unpaired) electrons. The quantitative estimate of drug-likeness (QED) is 0.429. The van der Waals surface area contributed by atoms with Gasteiger partial charge in [-0.15, -0.1) is 0 Å². The Morgan fingerprint density at radius 2 is 2.09 bits per heavy atom. The molecule has 66 valence electrons. The number of alkyl halides is 1. The first kappa shape index (κ1) is 9.70. The van der Waals surface area contributed by atoms with E-state index in [0.29, 0.717) is 6.61 Å². The van der Waals surface area contributed by atoms with Gasteiger partial charge in [-0.3, -0.25) is 0 Å². The van der Waals surface area contributed by atoms with Crippen molar-refractivity contribution in [3.8, 4) is 0 Å². The second-order valence-corrected chi connectivity index (χ2v) is 4.02. The molecule has 1 saturated heterocycles. The molecule has 4 heteroatoms. The molecular weight excluding hydrogens is 259 g/mol. The van der Waals surface area contributed by atoms with Gasteiger partial charge in [0.1, 0.15) is 0 Å². The Balaban J connectivity index is 2.61. The standard InChI is InChI=1S/C7H13IO3/c1-9-7(10-2)3-4-11-5-6(7)8/h6H,3-5H2,1-2H3. The lowest BCUT2D eigenvalue weighted by molar-refractivity contribution is -0.234. The average Bonchev–Trinajstić information content (AvgIpc) is 2.06. The summed E-state index contributed by atoms with van der Waals surface area (Å²) in [6, 6.07) is 0. The minimum Gasteiger partial charge on any atom is -0.380 e. The van der Waals surface area contributed by atoms with E-state index in [9.17, 15) is 0 Å². The minimum absolute atomic E-state index is 0.281. The van der Waals surface area contributed by atoms with Crippen LogP contribution in [0.2, 0.25) is 0 Å². The Hall–Kier alpha value is 0.610. The van der Waals surface area contributed by atoms with Gasteiger partial charge in [0.2, 0.25) is 0 Å². The number of rotatable bonds is 2. The zero-order chi connectivity index (χ0) is 8.32. The summed E-state index contributed by atoms with van der Waals surface area (Å²) >= 11 is 2.30. The fourth-order valence-electron chi connectivity index (χ4n) is 1.23. The summed E-state index contributed by atoms with van der Waals surface area (Å²) in [7, 11) is 3.36. The maximum Gasteiger partial charge on any atom is 0.183 e. The normalized spacial score (nSPS) is 30.3. The monoisotopic (exact) mass is 272 g/mol. The third kappa shape index (κ3) is 1.85. The zero-order valence-corrected chi connectivity index (χ0v) is 8.96. The predicted octanol–water partition coefficient (Wildman–Crippen LogP) is 1.20. The van der Waals surface area contributed by atoms with Crippen LogP contribution in [0.5, 0.6) is 0 Å². The van der Waals surface area contributed by atoms with Crippen molar-refractivity contribution in [3.63, 3.8) is 0 Å². The van der Waals surface area contributed by atoms with Crippen LogP contribution in [0.4, 0.5) is 0 Å². The highest BCUT2D eigenvalue weighted by Crippen LogP contribution is 2.30. The first-order chi connectivity index (χ1) is 5.25. The van der Waals surface area contributed by atoms with Gasteiger partial charge in [0.05, 0.1) is 17.1 Å². The SMILES string of the molecule is COC1(OC)CCOCC1I. The number of methoxy groups -OCH3 is 2. The summed E-state index contributed by atoms with van der Waals surface area (Å²) in [5, 5.41) is 0. The number of hydrogen-bond acceptors (Lipinski definition) is 3. The second-order valence-electron chi connectivity index (χ2n) is 2.51. The molecule has 1 aliphatic rings. The van der Waals surface area contributed by atoms with E-state index < -0.39 is 5.79 Å². The topological polar surface area (TPSA) is 27.7 Å². The van der Waals surface area contributed by atoms with Crippen LogP contribution in [0.15, 0.2) is 0 Å². The molecule has 0 spiro atoms. The van der Waals surface area contributed by atoms with Gasteiger partial charge >= 0.3 is 0 Å². The Kier molecular flexibility index (Phi) is 3.54. The molecule has 1 heterocycles. The van der Waals surface area contributed by atoms with Crippen LogP contribution >= 0.6 is 22.6 Å². The lowest BCUT2D eigenvalue weighted by Crippen LogP contribution is -2.49. The summed E-state index contributed by atoms with van der Waals surface area (Å²) in [6.07, 6.45) is 0.813. The van der Waals surface area contributed by atoms with Gasteiger partial charge in [-0.05, 0) is 0 Å². The Morgan fingerprint density at radius 1 is 1.45 bits per heavy atom. The van der Waals surface area contributed by atoms with E-state index in [4.69, 9.17) is 14.2 Å². The molecule has 0 amide bonds. The molecule has 0 N–H and O–H groups in total. The first-order valence-electron chi connectivity index (χ1n) is 3.57. The molecule has 1 unspecified atom stereocenters. The van der Waals surface area contributed by atoms with Gasteiger partial charge in [-0.2, -0.15) is 0 Å². The van der Waals surface area contributed by atoms with Gasteiger partial charge < -0.3 is 14.2 Å². The molecule has 0 aromatic carbocycles. The molecule has 1 aliphatic heterocycles. The van der Waals surface area contributed by atoms with Crippen molar-refractivity contribution in [1.82, 2.24) is 0 Å². The van der Waals surface area contributed by atoms with Crippen molar-refractivity contribution >= 4 is 22.6 Å². The van der Waals surface area contributed by atoms with Crippen LogP contribution in [0, 0.1) is 0 Å². The van der Waals surface area contributed by atoms with Gasteiger partial charge in [0.15, 0.2) is 5.79 Å². The molecule has 0 saturated carbocycles. The van der Waals surface area contributed by atoms with E-state index in [1.54, 1.807) is 14.2 Å². The van der Waals surface area contributed by atoms with Gasteiger partial charge in [0.25, 0.3) is 0 Å². The van der Waals surface area contributed by atoms with Gasteiger partial charge in [0, 0.05) is 20.6 Å². The van der Waals surface area contributed by atoms with Crippen LogP contribution in [0.3, 0.4) is 0 Å². The van der Waals surface area contributed by atoms with Crippen molar-refractivity contribution in [2.75, 3.05) is 27.4 Å². The van der Waals surface area contributed by atoms with E-state index in [1.807, 2.05) is 0 Å². The fourth-order valence-corrected chi connectivity index (χ4v) is 2.30. The fraction of sp³-hybridized carbons (Fsp3) is 1.00. The molecule has 0 aliphatic carbocycles. The lowest BCUT2D eigenvalue weighted by atomic mass is 10.1. The zero-order valence-electron chi connectivity index (χ0n) is 6.80. The average molecular weight is 272 g/mol. The highest BCUT2D eigenvalue weighted by atomic mass is 127. The van der Waals surface area contributed by atoms with Crippen LogP contribution in [0.25, 0.3) is 0 Å². The molecule has 1 fully saturated rings. The first-order valence-corrected chi connectivity index (χ1v) is 4.82. The van der Waals surface area contributed by atoms with Crippen LogP contribution in [0.1, 0.15) is 6.42 Å². The number of halogens is 1. The van der Waals surface area contributed by atoms with Gasteiger partial charge in [-0.1, -0.05) is 22.6 Å². The number of hydrogen-bond donors (Lipinski definition) is 0. The Morgan fingerprint density at radius 3 is 2.45 bits per heavy atom. The van der Waals surface area contributed by atoms with E-state index in [2.05, 4.69) is 22.6 Å². The second kappa shape index (κ2) is 4.02. The summed E-state index contributed by atoms with van der Waals surface area (Å²) < 4.78 is 16.2. The molecule has 0 aromatic rings. The van der Waals surface area contributed by atoms with Gasteiger partial charge in [-0.25, -0.2) is 0 Å². The lowest BCUT2D eigenvalue weighted by Gasteiger charge is -2.38. The summed E-state index contributed by atoms with van der Waals surface area (Å²) in [4.78, 5) is 0. The Bertz CT molecular complexity index is 125. The van der Waals surface area contributed by atoms with E-state index in [1.165, 1.54) is 0 Å². The van der Waals surface area contributed by atoms with Crippen LogP contribution in [-0.2, 0) is 14.2 Å². The van der Waals surface area contributed by atoms with Crippen molar-refractivity contribution in [3.05, 3.63) is 0 Å². The molecule has 3 nitrogen and oxygen atoms in total. The maximum atomic E-state index is 5.33. The highest BCUT2D eigenvalue weighted by molar-refractivity contribution is 14.1. The van der Waals surface area contributed by atoms with Crippen molar-refractivity contribution in [1.29, 1.82) is 0 Å². The molecule has 1 atom stereocenters. The molecule has 1 rings (SSSR count). The predicted molar refractivity (Wildman–Crippen MR) is 50.0 cm³/mol. The highest BCUT2D eigenvalue weighted by Gasteiger charge is 2.40. The maximum absolute atomic E-state index is 5.33. The van der Waals surface area contributed by atoms with Crippen molar-refractivity contribution in [2.24, 2.45) is 0 Å². The van der Waals surface area contributed by atoms with Crippen molar-refractivity contribution in [2.45, 2.75) is 16.1 Å². The largest absolute Gasteiger partial charge is 0.380 e. The minimum atomic E-state index is -0.418.